The van der Waals surface area contributed by atoms with Crippen molar-refractivity contribution in [3.63, 3.8) is 0 Å². The molecule has 1 saturated heterocycles. The number of hydrogen-bond donors (Lipinski definition) is 1. The Bertz CT molecular complexity index is 310. The molecule has 0 bridgehead atoms. The maximum Gasteiger partial charge on any atom is 0.0691 e. The Morgan fingerprint density at radius 1 is 1.22 bits per heavy atom. The van der Waals surface area contributed by atoms with Crippen LogP contribution in [0.15, 0.2) is 0 Å². The van der Waals surface area contributed by atoms with Gasteiger partial charge in [0.1, 0.15) is 0 Å². The van der Waals surface area contributed by atoms with Crippen molar-refractivity contribution < 1.29 is 8.95 Å². The van der Waals surface area contributed by atoms with E-state index in [1.54, 1.807) is 0 Å². The minimum atomic E-state index is -0.774. The molecule has 0 amide bonds. The van der Waals surface area contributed by atoms with E-state index in [1.807, 2.05) is 7.05 Å². The zero-order valence-electron chi connectivity index (χ0n) is 12.0. The summed E-state index contributed by atoms with van der Waals surface area (Å²) in [7, 11) is 1.23. The zero-order valence-corrected chi connectivity index (χ0v) is 12.8. The highest BCUT2D eigenvalue weighted by atomic mass is 32.2. The molecule has 7 atom stereocenters. The summed E-state index contributed by atoms with van der Waals surface area (Å²) >= 11 is 0. The minimum absolute atomic E-state index is 0.162. The van der Waals surface area contributed by atoms with Gasteiger partial charge in [0.2, 0.25) is 0 Å². The fourth-order valence-corrected chi connectivity index (χ4v) is 6.05. The molecule has 7 unspecified atom stereocenters. The van der Waals surface area contributed by atoms with E-state index in [-0.39, 0.29) is 11.4 Å². The Kier molecular flexibility index (Phi) is 4.84. The Hall–Kier alpha value is 0.0700. The lowest BCUT2D eigenvalue weighted by Gasteiger charge is -2.40. The number of hydrogen-bond acceptors (Lipinski definition) is 3. The average molecular weight is 273 g/mol. The van der Waals surface area contributed by atoms with E-state index in [2.05, 4.69) is 26.1 Å². The lowest BCUT2D eigenvalue weighted by Crippen LogP contribution is -2.51. The molecule has 0 spiro atoms. The zero-order chi connectivity index (χ0) is 13.3. The predicted octanol–water partition coefficient (Wildman–Crippen LogP) is 1.94. The quantitative estimate of drug-likeness (QED) is 0.854. The molecular formula is C14H27NO2S. The molecular weight excluding hydrogens is 246 g/mol. The van der Waals surface area contributed by atoms with Crippen molar-refractivity contribution in [3.05, 3.63) is 0 Å². The molecule has 0 radical (unpaired) electrons. The molecule has 4 heteroatoms. The lowest BCUT2D eigenvalue weighted by atomic mass is 9.80. The third-order valence-corrected chi connectivity index (χ3v) is 7.18. The average Bonchev–Trinajstić information content (AvgIpc) is 2.73. The minimum Gasteiger partial charge on any atom is -0.377 e. The summed E-state index contributed by atoms with van der Waals surface area (Å²) in [5.74, 6) is 1.28. The standard InChI is InChI=1S/C14H27NO2S/c1-9-7-10(2)14(12(8-9)15-4)18(16)13-5-6-17-11(13)3/h9-15H,5-8H2,1-4H3. The second-order valence-corrected chi connectivity index (χ2v) is 7.95. The van der Waals surface area contributed by atoms with Crippen molar-refractivity contribution in [2.45, 2.75) is 62.7 Å². The Balaban J connectivity index is 2.11. The first kappa shape index (κ1) is 14.5. The largest absolute Gasteiger partial charge is 0.377 e. The van der Waals surface area contributed by atoms with Crippen molar-refractivity contribution in [2.24, 2.45) is 11.8 Å². The molecule has 1 N–H and O–H groups in total. The van der Waals surface area contributed by atoms with Crippen molar-refractivity contribution in [1.29, 1.82) is 0 Å². The molecule has 1 saturated carbocycles. The third-order valence-electron chi connectivity index (χ3n) is 4.63. The summed E-state index contributed by atoms with van der Waals surface area (Å²) in [4.78, 5) is 0. The van der Waals surface area contributed by atoms with Gasteiger partial charge in [0, 0.05) is 23.4 Å². The van der Waals surface area contributed by atoms with E-state index < -0.39 is 10.8 Å². The van der Waals surface area contributed by atoms with Gasteiger partial charge in [-0.3, -0.25) is 4.21 Å². The Labute approximate surface area is 114 Å². The molecule has 1 aliphatic heterocycles. The fourth-order valence-electron chi connectivity index (χ4n) is 3.72. The fraction of sp³-hybridized carbons (Fsp3) is 1.00. The van der Waals surface area contributed by atoms with E-state index in [0.29, 0.717) is 17.2 Å². The number of ether oxygens (including phenoxy) is 1. The lowest BCUT2D eigenvalue weighted by molar-refractivity contribution is 0.126. The van der Waals surface area contributed by atoms with Crippen LogP contribution in [0, 0.1) is 11.8 Å². The van der Waals surface area contributed by atoms with Crippen LogP contribution in [0.25, 0.3) is 0 Å². The van der Waals surface area contributed by atoms with Crippen LogP contribution in [0.2, 0.25) is 0 Å². The van der Waals surface area contributed by atoms with Crippen molar-refractivity contribution >= 4 is 10.8 Å². The highest BCUT2D eigenvalue weighted by Gasteiger charge is 2.42. The van der Waals surface area contributed by atoms with Crippen LogP contribution in [-0.4, -0.2) is 40.5 Å². The summed E-state index contributed by atoms with van der Waals surface area (Å²) in [6.07, 6.45) is 3.48. The molecule has 1 aliphatic carbocycles. The summed E-state index contributed by atoms with van der Waals surface area (Å²) in [6.45, 7) is 7.42. The van der Waals surface area contributed by atoms with Gasteiger partial charge in [-0.1, -0.05) is 13.8 Å². The van der Waals surface area contributed by atoms with Gasteiger partial charge in [-0.2, -0.15) is 0 Å². The Morgan fingerprint density at radius 3 is 2.50 bits per heavy atom. The molecule has 3 nitrogen and oxygen atoms in total. The molecule has 2 rings (SSSR count). The van der Waals surface area contributed by atoms with Crippen molar-refractivity contribution in [1.82, 2.24) is 5.32 Å². The normalized spacial score (nSPS) is 47.1. The van der Waals surface area contributed by atoms with E-state index in [1.165, 1.54) is 6.42 Å². The smallest absolute Gasteiger partial charge is 0.0691 e. The summed E-state index contributed by atoms with van der Waals surface area (Å²) < 4.78 is 18.5. The van der Waals surface area contributed by atoms with Gasteiger partial charge in [-0.15, -0.1) is 0 Å². The van der Waals surface area contributed by atoms with Crippen LogP contribution in [0.3, 0.4) is 0 Å². The van der Waals surface area contributed by atoms with E-state index >= 15 is 0 Å². The van der Waals surface area contributed by atoms with Gasteiger partial charge in [-0.05, 0) is 45.1 Å². The molecule has 106 valence electrons. The molecule has 2 aliphatic rings. The van der Waals surface area contributed by atoms with Crippen LogP contribution in [0.5, 0.6) is 0 Å². The predicted molar refractivity (Wildman–Crippen MR) is 76.2 cm³/mol. The van der Waals surface area contributed by atoms with Crippen LogP contribution in [-0.2, 0) is 15.5 Å². The Morgan fingerprint density at radius 2 is 1.94 bits per heavy atom. The highest BCUT2D eigenvalue weighted by Crippen LogP contribution is 2.35. The highest BCUT2D eigenvalue weighted by molar-refractivity contribution is 7.86. The third kappa shape index (κ3) is 2.81. The second kappa shape index (κ2) is 6.02. The SMILES string of the molecule is CNC1CC(C)CC(C)C1S(=O)C1CCOC1C. The van der Waals surface area contributed by atoms with E-state index in [0.717, 1.165) is 25.4 Å². The number of nitrogens with one attached hydrogen (secondary N) is 1. The molecule has 18 heavy (non-hydrogen) atoms. The van der Waals surface area contributed by atoms with Crippen LogP contribution < -0.4 is 5.32 Å². The van der Waals surface area contributed by atoms with Gasteiger partial charge >= 0.3 is 0 Å². The molecule has 2 fully saturated rings. The van der Waals surface area contributed by atoms with Gasteiger partial charge in [0.05, 0.1) is 16.6 Å². The van der Waals surface area contributed by atoms with Gasteiger partial charge in [-0.25, -0.2) is 0 Å². The summed E-state index contributed by atoms with van der Waals surface area (Å²) in [5.41, 5.74) is 0. The van der Waals surface area contributed by atoms with Crippen LogP contribution in [0.1, 0.15) is 40.0 Å². The summed E-state index contributed by atoms with van der Waals surface area (Å²) in [5, 5.41) is 3.93. The molecule has 0 aromatic rings. The first-order valence-corrected chi connectivity index (χ1v) is 8.50. The monoisotopic (exact) mass is 273 g/mol. The first-order valence-electron chi connectivity index (χ1n) is 7.22. The van der Waals surface area contributed by atoms with Gasteiger partial charge < -0.3 is 10.1 Å². The molecule has 0 aromatic carbocycles. The topological polar surface area (TPSA) is 38.3 Å². The van der Waals surface area contributed by atoms with Gasteiger partial charge in [0.25, 0.3) is 0 Å². The second-order valence-electron chi connectivity index (χ2n) is 6.15. The van der Waals surface area contributed by atoms with Crippen molar-refractivity contribution in [3.8, 4) is 0 Å². The molecule has 0 aromatic heterocycles. The van der Waals surface area contributed by atoms with Crippen LogP contribution >= 0.6 is 0 Å². The van der Waals surface area contributed by atoms with E-state index in [9.17, 15) is 4.21 Å². The first-order chi connectivity index (χ1) is 8.54. The summed E-state index contributed by atoms with van der Waals surface area (Å²) in [6, 6.07) is 0.400. The van der Waals surface area contributed by atoms with Crippen molar-refractivity contribution in [2.75, 3.05) is 13.7 Å². The number of rotatable bonds is 3. The molecule has 1 heterocycles. The maximum absolute atomic E-state index is 12.9. The van der Waals surface area contributed by atoms with Gasteiger partial charge in [0.15, 0.2) is 0 Å². The van der Waals surface area contributed by atoms with E-state index in [4.69, 9.17) is 4.74 Å². The van der Waals surface area contributed by atoms with Crippen LogP contribution in [0.4, 0.5) is 0 Å². The maximum atomic E-state index is 12.9.